The van der Waals surface area contributed by atoms with E-state index >= 15 is 0 Å². The lowest BCUT2D eigenvalue weighted by Crippen LogP contribution is -2.58. The second kappa shape index (κ2) is 5.23. The van der Waals surface area contributed by atoms with Crippen LogP contribution in [0, 0.1) is 13.8 Å². The number of hydrogen-bond donors (Lipinski definition) is 1. The molecule has 1 N–H and O–H groups in total. The molecule has 0 aromatic heterocycles. The van der Waals surface area contributed by atoms with Crippen LogP contribution in [0.5, 0.6) is 0 Å². The molecular weight excluding hydrogens is 266 g/mol. The van der Waals surface area contributed by atoms with Crippen LogP contribution in [-0.2, 0) is 11.8 Å². The van der Waals surface area contributed by atoms with Crippen molar-refractivity contribution >= 4 is 11.6 Å². The van der Waals surface area contributed by atoms with Crippen LogP contribution in [0.3, 0.4) is 0 Å². The van der Waals surface area contributed by atoms with Gasteiger partial charge in [-0.25, -0.2) is 0 Å². The lowest BCUT2D eigenvalue weighted by molar-refractivity contribution is 0.274. The summed E-state index contributed by atoms with van der Waals surface area (Å²) in [6.07, 6.45) is 1.05. The molecule has 0 saturated carbocycles. The number of rotatable bonds is 3. The fourth-order valence-electron chi connectivity index (χ4n) is 3.08. The summed E-state index contributed by atoms with van der Waals surface area (Å²) in [5.74, 6) is 0. The summed E-state index contributed by atoms with van der Waals surface area (Å²) in [6, 6.07) is 15.0. The highest BCUT2D eigenvalue weighted by atomic mass is 35.5. The highest BCUT2D eigenvalue weighted by Crippen LogP contribution is 2.37. The second-order valence-electron chi connectivity index (χ2n) is 5.97. The number of aryl methyl sites for hydroxylation is 2. The summed E-state index contributed by atoms with van der Waals surface area (Å²) in [7, 11) is 0. The molecule has 1 aliphatic rings. The predicted octanol–water partition coefficient (Wildman–Crippen LogP) is 4.04. The van der Waals surface area contributed by atoms with Gasteiger partial charge in [-0.05, 0) is 43.0 Å². The first-order valence-electron chi connectivity index (χ1n) is 7.13. The first-order chi connectivity index (χ1) is 9.61. The van der Waals surface area contributed by atoms with E-state index < -0.39 is 0 Å². The minimum Gasteiger partial charge on any atom is -0.315 e. The zero-order valence-electron chi connectivity index (χ0n) is 12.0. The molecule has 1 saturated heterocycles. The van der Waals surface area contributed by atoms with E-state index in [4.69, 9.17) is 11.6 Å². The van der Waals surface area contributed by atoms with E-state index in [1.807, 2.05) is 12.1 Å². The standard InChI is InChI=1S/C18H20ClN/c1-13-7-8-14(2)15(9-13)10-18(11-20-12-18)16-5-3-4-6-17(16)19/h3-9,20H,10-12H2,1-2H3. The first-order valence-corrected chi connectivity index (χ1v) is 7.50. The van der Waals surface area contributed by atoms with Crippen LogP contribution in [0.4, 0.5) is 0 Å². The highest BCUT2D eigenvalue weighted by molar-refractivity contribution is 6.31. The SMILES string of the molecule is Cc1ccc(C)c(CC2(c3ccccc3Cl)CNC2)c1. The van der Waals surface area contributed by atoms with Crippen molar-refractivity contribution in [2.75, 3.05) is 13.1 Å². The van der Waals surface area contributed by atoms with Crippen LogP contribution < -0.4 is 5.32 Å². The third kappa shape index (κ3) is 2.36. The quantitative estimate of drug-likeness (QED) is 0.897. The van der Waals surface area contributed by atoms with E-state index in [0.29, 0.717) is 0 Å². The van der Waals surface area contributed by atoms with Gasteiger partial charge >= 0.3 is 0 Å². The summed E-state index contributed by atoms with van der Waals surface area (Å²) >= 11 is 6.43. The molecule has 104 valence electrons. The van der Waals surface area contributed by atoms with E-state index in [0.717, 1.165) is 24.5 Å². The van der Waals surface area contributed by atoms with Crippen LogP contribution in [0.25, 0.3) is 0 Å². The van der Waals surface area contributed by atoms with Crippen molar-refractivity contribution in [1.82, 2.24) is 5.32 Å². The molecule has 2 heteroatoms. The zero-order chi connectivity index (χ0) is 14.2. The molecule has 2 aromatic carbocycles. The summed E-state index contributed by atoms with van der Waals surface area (Å²) in [5.41, 5.74) is 5.56. The Balaban J connectivity index is 1.98. The van der Waals surface area contributed by atoms with Crippen molar-refractivity contribution in [3.63, 3.8) is 0 Å². The Bertz CT molecular complexity index is 629. The smallest absolute Gasteiger partial charge is 0.0444 e. The maximum absolute atomic E-state index is 6.43. The Hall–Kier alpha value is -1.31. The van der Waals surface area contributed by atoms with Crippen molar-refractivity contribution < 1.29 is 0 Å². The molecule has 0 spiro atoms. The molecular formula is C18H20ClN. The number of halogens is 1. The fraction of sp³-hybridized carbons (Fsp3) is 0.333. The van der Waals surface area contributed by atoms with Crippen molar-refractivity contribution in [2.24, 2.45) is 0 Å². The Morgan fingerprint density at radius 3 is 2.50 bits per heavy atom. The Morgan fingerprint density at radius 1 is 1.10 bits per heavy atom. The number of nitrogens with one attached hydrogen (secondary N) is 1. The average Bonchev–Trinajstić information content (AvgIpc) is 2.39. The summed E-state index contributed by atoms with van der Waals surface area (Å²) in [5, 5.41) is 4.31. The normalized spacial score (nSPS) is 16.8. The molecule has 1 aliphatic heterocycles. The van der Waals surface area contributed by atoms with Crippen molar-refractivity contribution in [3.05, 3.63) is 69.7 Å². The topological polar surface area (TPSA) is 12.0 Å². The molecule has 0 bridgehead atoms. The Morgan fingerprint density at radius 2 is 1.85 bits per heavy atom. The molecule has 3 rings (SSSR count). The van der Waals surface area contributed by atoms with Crippen LogP contribution in [0.1, 0.15) is 22.3 Å². The van der Waals surface area contributed by atoms with E-state index in [1.54, 1.807) is 0 Å². The van der Waals surface area contributed by atoms with Crippen LogP contribution in [-0.4, -0.2) is 13.1 Å². The Labute approximate surface area is 126 Å². The molecule has 0 atom stereocenters. The van der Waals surface area contributed by atoms with Gasteiger partial charge < -0.3 is 5.32 Å². The van der Waals surface area contributed by atoms with Crippen molar-refractivity contribution in [2.45, 2.75) is 25.7 Å². The molecule has 0 radical (unpaired) electrons. The second-order valence-corrected chi connectivity index (χ2v) is 6.38. The van der Waals surface area contributed by atoms with Gasteiger partial charge in [0, 0.05) is 23.5 Å². The van der Waals surface area contributed by atoms with Gasteiger partial charge in [0.2, 0.25) is 0 Å². The number of hydrogen-bond acceptors (Lipinski definition) is 1. The Kier molecular flexibility index (Phi) is 3.57. The number of benzene rings is 2. The van der Waals surface area contributed by atoms with E-state index in [-0.39, 0.29) is 5.41 Å². The highest BCUT2D eigenvalue weighted by Gasteiger charge is 2.40. The third-order valence-electron chi connectivity index (χ3n) is 4.41. The van der Waals surface area contributed by atoms with Gasteiger partial charge in [-0.2, -0.15) is 0 Å². The monoisotopic (exact) mass is 285 g/mol. The minimum atomic E-state index is 0.150. The van der Waals surface area contributed by atoms with E-state index in [9.17, 15) is 0 Å². The predicted molar refractivity (Wildman–Crippen MR) is 85.6 cm³/mol. The van der Waals surface area contributed by atoms with Crippen molar-refractivity contribution in [1.29, 1.82) is 0 Å². The first kappa shape index (κ1) is 13.7. The summed E-state index contributed by atoms with van der Waals surface area (Å²) in [6.45, 7) is 6.36. The maximum Gasteiger partial charge on any atom is 0.0444 e. The van der Waals surface area contributed by atoms with Gasteiger partial charge in [-0.15, -0.1) is 0 Å². The molecule has 1 fully saturated rings. The van der Waals surface area contributed by atoms with Gasteiger partial charge in [0.05, 0.1) is 0 Å². The minimum absolute atomic E-state index is 0.150. The molecule has 0 amide bonds. The van der Waals surface area contributed by atoms with Gasteiger partial charge in [0.15, 0.2) is 0 Å². The fourth-order valence-corrected chi connectivity index (χ4v) is 3.42. The summed E-state index contributed by atoms with van der Waals surface area (Å²) < 4.78 is 0. The molecule has 0 aliphatic carbocycles. The van der Waals surface area contributed by atoms with Crippen LogP contribution in [0.2, 0.25) is 5.02 Å². The summed E-state index contributed by atoms with van der Waals surface area (Å²) in [4.78, 5) is 0. The van der Waals surface area contributed by atoms with Crippen LogP contribution >= 0.6 is 11.6 Å². The lowest BCUT2D eigenvalue weighted by Gasteiger charge is -2.44. The maximum atomic E-state index is 6.43. The largest absolute Gasteiger partial charge is 0.315 e. The molecule has 1 heterocycles. The van der Waals surface area contributed by atoms with Gasteiger partial charge in [0.25, 0.3) is 0 Å². The van der Waals surface area contributed by atoms with Gasteiger partial charge in [-0.3, -0.25) is 0 Å². The zero-order valence-corrected chi connectivity index (χ0v) is 12.8. The molecule has 0 unspecified atom stereocenters. The molecule has 1 nitrogen and oxygen atoms in total. The van der Waals surface area contributed by atoms with Gasteiger partial charge in [0.1, 0.15) is 0 Å². The molecule has 20 heavy (non-hydrogen) atoms. The van der Waals surface area contributed by atoms with Crippen molar-refractivity contribution in [3.8, 4) is 0 Å². The van der Waals surface area contributed by atoms with Gasteiger partial charge in [-0.1, -0.05) is 53.6 Å². The van der Waals surface area contributed by atoms with E-state index in [2.05, 4.69) is 49.5 Å². The van der Waals surface area contributed by atoms with Crippen LogP contribution in [0.15, 0.2) is 42.5 Å². The lowest BCUT2D eigenvalue weighted by atomic mass is 9.70. The molecule has 2 aromatic rings. The average molecular weight is 286 g/mol. The third-order valence-corrected chi connectivity index (χ3v) is 4.74. The van der Waals surface area contributed by atoms with E-state index in [1.165, 1.54) is 22.3 Å².